The second kappa shape index (κ2) is 16.1. The van der Waals surface area contributed by atoms with Crippen molar-refractivity contribution in [1.29, 1.82) is 0 Å². The Morgan fingerprint density at radius 1 is 0.960 bits per heavy atom. The Labute approximate surface area is 312 Å². The van der Waals surface area contributed by atoms with Crippen molar-refractivity contribution in [3.8, 4) is 5.75 Å². The van der Waals surface area contributed by atoms with E-state index in [4.69, 9.17) is 23.1 Å². The van der Waals surface area contributed by atoms with Gasteiger partial charge in [0.1, 0.15) is 18.0 Å². The predicted molar refractivity (Wildman–Crippen MR) is 209 cm³/mol. The highest BCUT2D eigenvalue weighted by molar-refractivity contribution is 9.10. The number of benzene rings is 1. The Hall–Kier alpha value is -1.73. The van der Waals surface area contributed by atoms with Gasteiger partial charge in [-0.1, -0.05) is 89.5 Å². The zero-order valence-corrected chi connectivity index (χ0v) is 36.2. The average molecular weight is 792 g/mol. The van der Waals surface area contributed by atoms with Crippen LogP contribution >= 0.6 is 15.9 Å². The number of esters is 2. The summed E-state index contributed by atoms with van der Waals surface area (Å²) in [5.74, 6) is 0.572. The molecule has 1 aromatic carbocycles. The first-order chi connectivity index (χ1) is 23.1. The lowest BCUT2D eigenvalue weighted by Crippen LogP contribution is -2.49. The van der Waals surface area contributed by atoms with Gasteiger partial charge in [0.2, 0.25) is 0 Å². The number of carbonyl (C=O) groups is 2. The lowest BCUT2D eigenvalue weighted by molar-refractivity contribution is -0.164. The molecule has 1 saturated heterocycles. The van der Waals surface area contributed by atoms with Gasteiger partial charge in [-0.2, -0.15) is 0 Å². The van der Waals surface area contributed by atoms with Gasteiger partial charge < -0.3 is 23.1 Å². The monoisotopic (exact) mass is 790 g/mol. The molecule has 2 aliphatic carbocycles. The van der Waals surface area contributed by atoms with Gasteiger partial charge in [-0.25, -0.2) is 4.79 Å². The number of fused-ring (bicyclic) bond motifs is 1. The lowest BCUT2D eigenvalue weighted by atomic mass is 9.66. The molecule has 0 spiro atoms. The summed E-state index contributed by atoms with van der Waals surface area (Å²) in [5.41, 5.74) is 1.17. The Morgan fingerprint density at radius 3 is 2.18 bits per heavy atom. The van der Waals surface area contributed by atoms with Crippen LogP contribution in [-0.4, -0.2) is 59.1 Å². The maximum Gasteiger partial charge on any atom is 0.347 e. The van der Waals surface area contributed by atoms with Crippen molar-refractivity contribution in [2.24, 2.45) is 17.8 Å². The van der Waals surface area contributed by atoms with Crippen LogP contribution < -0.4 is 4.74 Å². The zero-order valence-electron chi connectivity index (χ0n) is 32.6. The predicted octanol–water partition coefficient (Wildman–Crippen LogP) is 10.6. The molecule has 0 amide bonds. The van der Waals surface area contributed by atoms with E-state index in [0.717, 1.165) is 23.7 Å². The number of carbonyl (C=O) groups excluding carboxylic acids is 2. The molecule has 0 radical (unpaired) electrons. The Kier molecular flexibility index (Phi) is 13.2. The zero-order chi connectivity index (χ0) is 37.2. The molecule has 0 saturated carbocycles. The van der Waals surface area contributed by atoms with Gasteiger partial charge in [0, 0.05) is 23.2 Å². The van der Waals surface area contributed by atoms with Gasteiger partial charge in [0.25, 0.3) is 0 Å². The summed E-state index contributed by atoms with van der Waals surface area (Å²) in [5, 5.41) is 0.111. The van der Waals surface area contributed by atoms with Gasteiger partial charge in [-0.15, -0.1) is 0 Å². The van der Waals surface area contributed by atoms with Crippen LogP contribution in [0.15, 0.2) is 52.5 Å². The van der Waals surface area contributed by atoms with Crippen molar-refractivity contribution in [2.75, 3.05) is 0 Å². The van der Waals surface area contributed by atoms with Crippen LogP contribution in [0.2, 0.25) is 36.3 Å². The molecule has 280 valence electrons. The smallest absolute Gasteiger partial charge is 0.347 e. The second-order valence-electron chi connectivity index (χ2n) is 17.8. The van der Waals surface area contributed by atoms with Crippen LogP contribution in [0.1, 0.15) is 93.9 Å². The molecule has 1 aliphatic heterocycles. The highest BCUT2D eigenvalue weighted by atomic mass is 79.9. The number of cyclic esters (lactones) is 1. The first-order valence-corrected chi connectivity index (χ1v) is 25.3. The van der Waals surface area contributed by atoms with Crippen LogP contribution in [0, 0.1) is 17.8 Å². The van der Waals surface area contributed by atoms with Crippen LogP contribution in [0.5, 0.6) is 5.75 Å². The normalized spacial score (nSPS) is 28.3. The number of ether oxygens (including phenoxy) is 3. The summed E-state index contributed by atoms with van der Waals surface area (Å²) in [6.45, 7) is 26.6. The van der Waals surface area contributed by atoms with Crippen LogP contribution in [0.3, 0.4) is 0 Å². The minimum absolute atomic E-state index is 0.00183. The molecule has 1 unspecified atom stereocenters. The third kappa shape index (κ3) is 10.2. The van der Waals surface area contributed by atoms with E-state index in [-0.39, 0.29) is 64.2 Å². The first-order valence-electron chi connectivity index (χ1n) is 18.7. The fourth-order valence-corrected chi connectivity index (χ4v) is 9.80. The van der Waals surface area contributed by atoms with Crippen molar-refractivity contribution >= 4 is 44.5 Å². The molecular weight excluding hydrogens is 729 g/mol. The van der Waals surface area contributed by atoms with Gasteiger partial charge in [-0.05, 0) is 97.2 Å². The molecule has 50 heavy (non-hydrogen) atoms. The van der Waals surface area contributed by atoms with Crippen molar-refractivity contribution in [2.45, 2.75) is 161 Å². The minimum Gasteiger partial charge on any atom is -0.479 e. The van der Waals surface area contributed by atoms with Crippen molar-refractivity contribution in [3.05, 3.63) is 52.5 Å². The molecule has 0 bridgehead atoms. The average Bonchev–Trinajstić information content (AvgIpc) is 2.98. The summed E-state index contributed by atoms with van der Waals surface area (Å²) in [7, 11) is -4.14. The molecule has 1 fully saturated rings. The largest absolute Gasteiger partial charge is 0.479 e. The molecule has 1 aromatic rings. The summed E-state index contributed by atoms with van der Waals surface area (Å²) < 4.78 is 33.2. The van der Waals surface area contributed by atoms with E-state index in [1.807, 2.05) is 31.2 Å². The van der Waals surface area contributed by atoms with E-state index in [2.05, 4.69) is 109 Å². The van der Waals surface area contributed by atoms with Crippen molar-refractivity contribution in [3.63, 3.8) is 0 Å². The summed E-state index contributed by atoms with van der Waals surface area (Å²) in [6.07, 6.45) is 8.91. The Bertz CT molecular complexity index is 1390. The van der Waals surface area contributed by atoms with Crippen molar-refractivity contribution in [1.82, 2.24) is 0 Å². The van der Waals surface area contributed by atoms with E-state index >= 15 is 0 Å². The summed E-state index contributed by atoms with van der Waals surface area (Å²) >= 11 is 3.47. The molecule has 10 heteroatoms. The molecule has 3 aliphatic rings. The van der Waals surface area contributed by atoms with E-state index in [0.29, 0.717) is 25.0 Å². The third-order valence-corrected chi connectivity index (χ3v) is 21.5. The first kappa shape index (κ1) is 41.0. The molecule has 8 atom stereocenters. The van der Waals surface area contributed by atoms with Gasteiger partial charge in [-0.3, -0.25) is 4.79 Å². The number of hydrogen-bond acceptors (Lipinski definition) is 7. The Balaban J connectivity index is 1.56. The maximum absolute atomic E-state index is 13.9. The fraction of sp³-hybridized carbons (Fsp3) is 0.700. The summed E-state index contributed by atoms with van der Waals surface area (Å²) in [6, 6.07) is 7.52. The third-order valence-electron chi connectivity index (χ3n) is 11.9. The molecule has 1 heterocycles. The van der Waals surface area contributed by atoms with Crippen LogP contribution in [0.4, 0.5) is 0 Å². The summed E-state index contributed by atoms with van der Waals surface area (Å²) in [4.78, 5) is 26.7. The van der Waals surface area contributed by atoms with Crippen LogP contribution in [0.25, 0.3) is 0 Å². The minimum atomic E-state index is -2.11. The van der Waals surface area contributed by atoms with Crippen LogP contribution in [-0.2, 0) is 27.9 Å². The number of hydrogen-bond donors (Lipinski definition) is 0. The number of rotatable bonds is 12. The highest BCUT2D eigenvalue weighted by Gasteiger charge is 2.47. The van der Waals surface area contributed by atoms with E-state index < -0.39 is 22.7 Å². The van der Waals surface area contributed by atoms with E-state index in [1.54, 1.807) is 0 Å². The highest BCUT2D eigenvalue weighted by Crippen LogP contribution is 2.47. The molecule has 7 nitrogen and oxygen atoms in total. The maximum atomic E-state index is 13.9. The Morgan fingerprint density at radius 2 is 1.58 bits per heavy atom. The van der Waals surface area contributed by atoms with Gasteiger partial charge in [0.05, 0.1) is 18.6 Å². The SMILES string of the molecule is CCC(Oc1ccc(Br)cc1)C(=O)O[C@H]1C[C@H](O[Si](C)(C)C(C)(C)C)C=C2C=C[C@H](C)[C@H](CC[C@@H]3C[C@@H](O[Si](C)(C)C(C)(C)C)CC(=O)O3)[C@H]21. The van der Waals surface area contributed by atoms with Gasteiger partial charge in [0.15, 0.2) is 22.7 Å². The standard InChI is InChI=1S/C40H63BrO7Si2/c1-13-34(44-29-18-16-28(41)17-19-29)38(43)46-35-24-31(47-49(9,10)39(3,4)5)22-27-15-14-26(2)33(37(27)35)21-20-30-23-32(25-36(42)45-30)48-50(11,12)40(6,7)8/h14-19,22,26,30-35,37H,13,20-21,23-25H2,1-12H3/t26-,30+,31+,32+,33-,34?,35-,37-/m0/s1. The topological polar surface area (TPSA) is 80.3 Å². The molecule has 0 aromatic heterocycles. The van der Waals surface area contributed by atoms with Gasteiger partial charge >= 0.3 is 11.9 Å². The fourth-order valence-electron chi connectivity index (χ4n) is 6.89. The van der Waals surface area contributed by atoms with E-state index in [9.17, 15) is 9.59 Å². The molecule has 4 rings (SSSR count). The molecular formula is C40H63BrO7Si2. The number of allylic oxidation sites excluding steroid dienone is 2. The van der Waals surface area contributed by atoms with E-state index in [1.165, 1.54) is 5.57 Å². The molecule has 0 N–H and O–H groups in total. The lowest BCUT2D eigenvalue weighted by Gasteiger charge is -2.46. The second-order valence-corrected chi connectivity index (χ2v) is 28.2. The van der Waals surface area contributed by atoms with Crippen molar-refractivity contribution < 1.29 is 32.7 Å². The quantitative estimate of drug-likeness (QED) is 0.154. The number of halogens is 1.